The normalized spacial score (nSPS) is 12.9. The van der Waals surface area contributed by atoms with E-state index in [0.717, 1.165) is 5.04 Å². The van der Waals surface area contributed by atoms with E-state index in [1.165, 1.54) is 11.8 Å². The van der Waals surface area contributed by atoms with Crippen molar-refractivity contribution in [3.8, 4) is 11.7 Å². The predicted molar refractivity (Wildman–Crippen MR) is 49.2 cm³/mol. The van der Waals surface area contributed by atoms with E-state index < -0.39 is 0 Å². The number of hydrogen-bond donors (Lipinski definition) is 0. The first kappa shape index (κ1) is 9.58. The Morgan fingerprint density at radius 1 is 1.50 bits per heavy atom. The van der Waals surface area contributed by atoms with Gasteiger partial charge in [-0.1, -0.05) is 20.8 Å². The molecule has 0 bridgehead atoms. The first-order valence-corrected chi connectivity index (χ1v) is 3.93. The average Bonchev–Trinajstić information content (AvgIpc) is 1.80. The van der Waals surface area contributed by atoms with Crippen molar-refractivity contribution in [2.24, 2.45) is 10.4 Å². The molecule has 0 unspecified atom stereocenters. The molecule has 0 aromatic carbocycles. The van der Waals surface area contributed by atoms with Gasteiger partial charge in [0.05, 0.1) is 5.04 Å². The number of terminal acetylenes is 1. The molecule has 2 heteroatoms. The Morgan fingerprint density at radius 2 is 2.00 bits per heavy atom. The molecule has 0 rings (SSSR count). The Balaban J connectivity index is 4.28. The molecular formula is C8H13NS. The van der Waals surface area contributed by atoms with Gasteiger partial charge in [-0.2, -0.15) is 0 Å². The molecule has 10 heavy (non-hydrogen) atoms. The highest BCUT2D eigenvalue weighted by atomic mass is 32.2. The van der Waals surface area contributed by atoms with Crippen LogP contribution in [0.5, 0.6) is 0 Å². The predicted octanol–water partition coefficient (Wildman–Crippen LogP) is 2.38. The summed E-state index contributed by atoms with van der Waals surface area (Å²) in [5.41, 5.74) is 0.0891. The summed E-state index contributed by atoms with van der Waals surface area (Å²) in [5, 5.41) is 3.52. The number of hydrogen-bond acceptors (Lipinski definition) is 2. The van der Waals surface area contributed by atoms with Gasteiger partial charge in [-0.05, 0) is 17.0 Å². The summed E-state index contributed by atoms with van der Waals surface area (Å²) < 4.78 is 0. The van der Waals surface area contributed by atoms with Gasteiger partial charge in [0.15, 0.2) is 0 Å². The molecule has 0 radical (unpaired) electrons. The Morgan fingerprint density at radius 3 is 2.10 bits per heavy atom. The number of nitrogens with zero attached hydrogens (tertiary/aromatic N) is 1. The average molecular weight is 155 g/mol. The maximum absolute atomic E-state index is 5.13. The molecule has 0 aliphatic heterocycles. The highest BCUT2D eigenvalue weighted by Gasteiger charge is 2.17. The van der Waals surface area contributed by atoms with Crippen LogP contribution in [0.15, 0.2) is 4.99 Å². The Labute approximate surface area is 67.3 Å². The summed E-state index contributed by atoms with van der Waals surface area (Å²) in [6, 6.07) is 0. The quantitative estimate of drug-likeness (QED) is 0.297. The first-order valence-electron chi connectivity index (χ1n) is 3.12. The summed E-state index contributed by atoms with van der Waals surface area (Å²) in [6.45, 7) is 6.29. The number of aliphatic imine (C=N–C) groups is 1. The largest absolute Gasteiger partial charge is 0.285 e. The van der Waals surface area contributed by atoms with E-state index in [0.29, 0.717) is 0 Å². The van der Waals surface area contributed by atoms with E-state index in [-0.39, 0.29) is 5.41 Å². The van der Waals surface area contributed by atoms with Crippen LogP contribution in [0.4, 0.5) is 0 Å². The monoisotopic (exact) mass is 155 g/mol. The maximum Gasteiger partial charge on any atom is 0.0852 e. The molecule has 1 nitrogen and oxygen atoms in total. The minimum atomic E-state index is 0.0891. The molecule has 0 fully saturated rings. The summed E-state index contributed by atoms with van der Waals surface area (Å²) in [6.07, 6.45) is 5.13. The Bertz CT molecular complexity index is 169. The summed E-state index contributed by atoms with van der Waals surface area (Å²) in [5.74, 6) is 0. The Hall–Kier alpha value is -0.420. The van der Waals surface area contributed by atoms with E-state index in [2.05, 4.69) is 31.0 Å². The summed E-state index contributed by atoms with van der Waals surface area (Å²) in [4.78, 5) is 4.09. The summed E-state index contributed by atoms with van der Waals surface area (Å²) in [7, 11) is 1.77. The van der Waals surface area contributed by atoms with Crippen molar-refractivity contribution in [3.05, 3.63) is 0 Å². The van der Waals surface area contributed by atoms with Crippen LogP contribution in [0.1, 0.15) is 20.8 Å². The zero-order chi connectivity index (χ0) is 8.20. The van der Waals surface area contributed by atoms with Crippen molar-refractivity contribution in [3.63, 3.8) is 0 Å². The lowest BCUT2D eigenvalue weighted by molar-refractivity contribution is 0.601. The van der Waals surface area contributed by atoms with Gasteiger partial charge in [-0.25, -0.2) is 0 Å². The van der Waals surface area contributed by atoms with Crippen molar-refractivity contribution in [1.29, 1.82) is 0 Å². The molecule has 0 aromatic rings. The third-order valence-electron chi connectivity index (χ3n) is 1.00. The summed E-state index contributed by atoms with van der Waals surface area (Å²) >= 11 is 1.36. The third kappa shape index (κ3) is 2.93. The lowest BCUT2D eigenvalue weighted by Gasteiger charge is -2.17. The van der Waals surface area contributed by atoms with Gasteiger partial charge < -0.3 is 0 Å². The lowest BCUT2D eigenvalue weighted by atomic mass is 9.99. The molecule has 0 N–H and O–H groups in total. The van der Waals surface area contributed by atoms with Crippen LogP contribution >= 0.6 is 11.8 Å². The van der Waals surface area contributed by atoms with Crippen molar-refractivity contribution >= 4 is 16.8 Å². The second-order valence-corrected chi connectivity index (χ2v) is 3.83. The molecule has 0 aliphatic rings. The van der Waals surface area contributed by atoms with E-state index in [1.807, 2.05) is 0 Å². The van der Waals surface area contributed by atoms with Gasteiger partial charge in [0, 0.05) is 12.5 Å². The van der Waals surface area contributed by atoms with Crippen molar-refractivity contribution in [1.82, 2.24) is 0 Å². The zero-order valence-electron chi connectivity index (χ0n) is 6.93. The van der Waals surface area contributed by atoms with E-state index >= 15 is 0 Å². The molecule has 0 aliphatic carbocycles. The van der Waals surface area contributed by atoms with Crippen LogP contribution in [-0.4, -0.2) is 12.1 Å². The first-order chi connectivity index (χ1) is 4.52. The third-order valence-corrected chi connectivity index (χ3v) is 2.11. The van der Waals surface area contributed by atoms with E-state index in [4.69, 9.17) is 6.42 Å². The van der Waals surface area contributed by atoms with Gasteiger partial charge in [-0.3, -0.25) is 4.99 Å². The fraction of sp³-hybridized carbons (Fsp3) is 0.625. The molecular weight excluding hydrogens is 142 g/mol. The maximum atomic E-state index is 5.13. The van der Waals surface area contributed by atoms with Crippen molar-refractivity contribution in [2.75, 3.05) is 7.05 Å². The lowest BCUT2D eigenvalue weighted by Crippen LogP contribution is -2.16. The van der Waals surface area contributed by atoms with Crippen LogP contribution in [0.25, 0.3) is 0 Å². The van der Waals surface area contributed by atoms with Gasteiger partial charge in [-0.15, -0.1) is 6.42 Å². The van der Waals surface area contributed by atoms with Crippen LogP contribution in [0, 0.1) is 17.1 Å². The molecule has 0 saturated carbocycles. The topological polar surface area (TPSA) is 12.4 Å². The minimum Gasteiger partial charge on any atom is -0.285 e. The standard InChI is InChI=1S/C8H13NS/c1-6-10-7(9-5)8(2,3)4/h1H,2-5H3. The molecule has 0 saturated heterocycles. The van der Waals surface area contributed by atoms with Crippen molar-refractivity contribution in [2.45, 2.75) is 20.8 Å². The van der Waals surface area contributed by atoms with Crippen LogP contribution in [-0.2, 0) is 0 Å². The van der Waals surface area contributed by atoms with Crippen LogP contribution in [0.3, 0.4) is 0 Å². The fourth-order valence-corrected chi connectivity index (χ4v) is 1.10. The van der Waals surface area contributed by atoms with Gasteiger partial charge in [0.25, 0.3) is 0 Å². The molecule has 0 amide bonds. The SMILES string of the molecule is C#CSC(=NC)C(C)(C)C. The Kier molecular flexibility index (Phi) is 3.52. The van der Waals surface area contributed by atoms with E-state index in [9.17, 15) is 0 Å². The van der Waals surface area contributed by atoms with E-state index in [1.54, 1.807) is 7.05 Å². The van der Waals surface area contributed by atoms with Gasteiger partial charge >= 0.3 is 0 Å². The fourth-order valence-electron chi connectivity index (χ4n) is 0.590. The highest BCUT2D eigenvalue weighted by Crippen LogP contribution is 2.23. The number of thioether (sulfide) groups is 1. The number of rotatable bonds is 0. The van der Waals surface area contributed by atoms with Gasteiger partial charge in [0.2, 0.25) is 0 Å². The van der Waals surface area contributed by atoms with Crippen molar-refractivity contribution < 1.29 is 0 Å². The second kappa shape index (κ2) is 3.68. The smallest absolute Gasteiger partial charge is 0.0852 e. The minimum absolute atomic E-state index is 0.0891. The van der Waals surface area contributed by atoms with Gasteiger partial charge in [0.1, 0.15) is 0 Å². The highest BCUT2D eigenvalue weighted by molar-refractivity contribution is 8.18. The molecule has 0 aromatic heterocycles. The molecule has 56 valence electrons. The van der Waals surface area contributed by atoms with Crippen LogP contribution in [0.2, 0.25) is 0 Å². The van der Waals surface area contributed by atoms with Crippen LogP contribution < -0.4 is 0 Å². The molecule has 0 spiro atoms. The zero-order valence-corrected chi connectivity index (χ0v) is 7.75. The second-order valence-electron chi connectivity index (χ2n) is 3.00. The molecule has 0 atom stereocenters. The molecule has 0 heterocycles.